The Hall–Kier alpha value is -2.73. The smallest absolute Gasteiger partial charge is 0.338 e. The third-order valence-corrected chi connectivity index (χ3v) is 3.41. The summed E-state index contributed by atoms with van der Waals surface area (Å²) < 4.78 is 15.5. The molecule has 0 bridgehead atoms. The molecule has 2 aromatic rings. The van der Waals surface area contributed by atoms with Gasteiger partial charge in [0.2, 0.25) is 0 Å². The summed E-state index contributed by atoms with van der Waals surface area (Å²) in [5.74, 6) is 0.188. The maximum absolute atomic E-state index is 12.0. The maximum Gasteiger partial charge on any atom is 0.338 e. The average Bonchev–Trinajstić information content (AvgIpc) is 2.61. The Labute approximate surface area is 150 Å². The van der Waals surface area contributed by atoms with Crippen LogP contribution in [0, 0.1) is 0 Å². The van der Waals surface area contributed by atoms with E-state index in [2.05, 4.69) is 5.32 Å². The van der Waals surface area contributed by atoms with Crippen LogP contribution in [0.3, 0.4) is 0 Å². The molecule has 6 nitrogen and oxygen atoms in total. The lowest BCUT2D eigenvalue weighted by atomic mass is 10.2. The number of carbonyl (C=O) groups excluding carboxylic acids is 2. The Morgan fingerprint density at radius 3 is 2.48 bits per heavy atom. The van der Waals surface area contributed by atoms with Crippen molar-refractivity contribution in [1.29, 1.82) is 0 Å². The van der Waals surface area contributed by atoms with Gasteiger partial charge in [-0.1, -0.05) is 11.6 Å². The second-order valence-electron chi connectivity index (χ2n) is 4.93. The molecule has 0 radical (unpaired) electrons. The normalized spacial score (nSPS) is 10.0. The lowest BCUT2D eigenvalue weighted by molar-refractivity contribution is -0.118. The highest BCUT2D eigenvalue weighted by Crippen LogP contribution is 2.27. The van der Waals surface area contributed by atoms with Crippen molar-refractivity contribution in [2.24, 2.45) is 0 Å². The number of rotatable bonds is 7. The fraction of sp³-hybridized carbons (Fsp3) is 0.222. The molecule has 0 aliphatic carbocycles. The van der Waals surface area contributed by atoms with Crippen molar-refractivity contribution >= 4 is 29.2 Å². The molecule has 25 heavy (non-hydrogen) atoms. The molecule has 132 valence electrons. The largest absolute Gasteiger partial charge is 0.495 e. The molecular formula is C18H18ClNO5. The van der Waals surface area contributed by atoms with E-state index in [9.17, 15) is 9.59 Å². The molecular weight excluding hydrogens is 346 g/mol. The molecule has 0 spiro atoms. The minimum atomic E-state index is -0.403. The van der Waals surface area contributed by atoms with Crippen LogP contribution in [0.5, 0.6) is 11.5 Å². The van der Waals surface area contributed by atoms with Gasteiger partial charge >= 0.3 is 5.97 Å². The number of hydrogen-bond donors (Lipinski definition) is 1. The summed E-state index contributed by atoms with van der Waals surface area (Å²) in [6, 6.07) is 11.3. The highest BCUT2D eigenvalue weighted by atomic mass is 35.5. The van der Waals surface area contributed by atoms with Gasteiger partial charge in [0, 0.05) is 5.02 Å². The summed E-state index contributed by atoms with van der Waals surface area (Å²) in [6.45, 7) is 1.85. The second kappa shape index (κ2) is 8.94. The predicted octanol–water partition coefficient (Wildman–Crippen LogP) is 3.54. The van der Waals surface area contributed by atoms with Crippen molar-refractivity contribution in [3.63, 3.8) is 0 Å². The minimum Gasteiger partial charge on any atom is -0.495 e. The summed E-state index contributed by atoms with van der Waals surface area (Å²) in [5.41, 5.74) is 0.878. The van der Waals surface area contributed by atoms with E-state index >= 15 is 0 Å². The Morgan fingerprint density at radius 1 is 1.12 bits per heavy atom. The number of anilines is 1. The zero-order valence-electron chi connectivity index (χ0n) is 13.9. The molecule has 7 heteroatoms. The van der Waals surface area contributed by atoms with E-state index < -0.39 is 5.97 Å². The quantitative estimate of drug-likeness (QED) is 0.761. The lowest BCUT2D eigenvalue weighted by Gasteiger charge is -2.11. The van der Waals surface area contributed by atoms with Crippen LogP contribution in [0.25, 0.3) is 0 Å². The molecule has 0 unspecified atom stereocenters. The zero-order chi connectivity index (χ0) is 18.2. The average molecular weight is 364 g/mol. The summed E-state index contributed by atoms with van der Waals surface area (Å²) in [6.07, 6.45) is 0. The number of ether oxygens (including phenoxy) is 3. The number of halogens is 1. The third-order valence-electron chi connectivity index (χ3n) is 3.17. The minimum absolute atomic E-state index is 0.200. The summed E-state index contributed by atoms with van der Waals surface area (Å²) in [4.78, 5) is 23.6. The van der Waals surface area contributed by atoms with Gasteiger partial charge in [-0.15, -0.1) is 0 Å². The molecule has 2 rings (SSSR count). The second-order valence-corrected chi connectivity index (χ2v) is 5.36. The summed E-state index contributed by atoms with van der Waals surface area (Å²) in [7, 11) is 1.50. The number of methoxy groups -OCH3 is 1. The molecule has 0 saturated heterocycles. The van der Waals surface area contributed by atoms with Crippen LogP contribution in [-0.4, -0.2) is 32.2 Å². The van der Waals surface area contributed by atoms with E-state index in [0.29, 0.717) is 34.4 Å². The first-order valence-corrected chi connectivity index (χ1v) is 7.94. The van der Waals surface area contributed by atoms with E-state index in [4.69, 9.17) is 25.8 Å². The molecule has 2 aromatic carbocycles. The first kappa shape index (κ1) is 18.6. The van der Waals surface area contributed by atoms with Crippen LogP contribution in [0.15, 0.2) is 42.5 Å². The number of benzene rings is 2. The van der Waals surface area contributed by atoms with Crippen LogP contribution in [-0.2, 0) is 9.53 Å². The van der Waals surface area contributed by atoms with E-state index in [0.717, 1.165) is 0 Å². The van der Waals surface area contributed by atoms with E-state index in [-0.39, 0.29) is 12.5 Å². The van der Waals surface area contributed by atoms with Gasteiger partial charge < -0.3 is 19.5 Å². The van der Waals surface area contributed by atoms with Crippen molar-refractivity contribution in [3.05, 3.63) is 53.1 Å². The number of carbonyl (C=O) groups is 2. The standard InChI is InChI=1S/C18H18ClNO5/c1-3-24-18(22)12-4-7-14(8-5-12)25-11-17(21)20-15-10-13(19)6-9-16(15)23-2/h4-10H,3,11H2,1-2H3,(H,20,21). The highest BCUT2D eigenvalue weighted by Gasteiger charge is 2.10. The monoisotopic (exact) mass is 363 g/mol. The maximum atomic E-state index is 12.0. The molecule has 0 saturated carbocycles. The molecule has 0 fully saturated rings. The molecule has 1 amide bonds. The third kappa shape index (κ3) is 5.39. The predicted molar refractivity (Wildman–Crippen MR) is 94.5 cm³/mol. The van der Waals surface area contributed by atoms with Gasteiger partial charge in [-0.05, 0) is 49.4 Å². The van der Waals surface area contributed by atoms with Gasteiger partial charge in [0.05, 0.1) is 25.0 Å². The first-order valence-electron chi connectivity index (χ1n) is 7.57. The molecule has 0 aromatic heterocycles. The zero-order valence-corrected chi connectivity index (χ0v) is 14.6. The molecule has 1 N–H and O–H groups in total. The molecule has 0 aliphatic heterocycles. The van der Waals surface area contributed by atoms with Gasteiger partial charge in [-0.2, -0.15) is 0 Å². The lowest BCUT2D eigenvalue weighted by Crippen LogP contribution is -2.20. The first-order chi connectivity index (χ1) is 12.0. The number of esters is 1. The number of amides is 1. The van der Waals surface area contributed by atoms with Crippen molar-refractivity contribution < 1.29 is 23.8 Å². The Bertz CT molecular complexity index is 746. The Balaban J connectivity index is 1.92. The van der Waals surface area contributed by atoms with Gasteiger partial charge in [-0.25, -0.2) is 4.79 Å². The molecule has 0 aliphatic rings. The van der Waals surface area contributed by atoms with Crippen molar-refractivity contribution in [2.45, 2.75) is 6.92 Å². The summed E-state index contributed by atoms with van der Waals surface area (Å²) >= 11 is 5.92. The van der Waals surface area contributed by atoms with Crippen molar-refractivity contribution in [2.75, 3.05) is 25.6 Å². The van der Waals surface area contributed by atoms with Crippen LogP contribution in [0.2, 0.25) is 5.02 Å². The van der Waals surface area contributed by atoms with E-state index in [1.807, 2.05) is 0 Å². The van der Waals surface area contributed by atoms with Crippen molar-refractivity contribution in [3.8, 4) is 11.5 Å². The summed E-state index contributed by atoms with van der Waals surface area (Å²) in [5, 5.41) is 3.15. The van der Waals surface area contributed by atoms with Gasteiger partial charge in [-0.3, -0.25) is 4.79 Å². The number of nitrogens with one attached hydrogen (secondary N) is 1. The van der Waals surface area contributed by atoms with E-state index in [1.165, 1.54) is 7.11 Å². The topological polar surface area (TPSA) is 73.9 Å². The highest BCUT2D eigenvalue weighted by molar-refractivity contribution is 6.31. The van der Waals surface area contributed by atoms with Gasteiger partial charge in [0.1, 0.15) is 11.5 Å². The molecule has 0 heterocycles. The van der Waals surface area contributed by atoms with E-state index in [1.54, 1.807) is 49.4 Å². The number of hydrogen-bond acceptors (Lipinski definition) is 5. The van der Waals surface area contributed by atoms with Gasteiger partial charge in [0.25, 0.3) is 5.91 Å². The Morgan fingerprint density at radius 2 is 1.84 bits per heavy atom. The fourth-order valence-electron chi connectivity index (χ4n) is 2.01. The Kier molecular flexibility index (Phi) is 6.65. The van der Waals surface area contributed by atoms with Gasteiger partial charge in [0.15, 0.2) is 6.61 Å². The van der Waals surface area contributed by atoms with Crippen molar-refractivity contribution in [1.82, 2.24) is 0 Å². The SMILES string of the molecule is CCOC(=O)c1ccc(OCC(=O)Nc2cc(Cl)ccc2OC)cc1. The fourth-order valence-corrected chi connectivity index (χ4v) is 2.19. The molecule has 0 atom stereocenters. The van der Waals surface area contributed by atoms with Crippen LogP contribution in [0.4, 0.5) is 5.69 Å². The van der Waals surface area contributed by atoms with Crippen LogP contribution >= 0.6 is 11.6 Å². The van der Waals surface area contributed by atoms with Crippen LogP contribution in [0.1, 0.15) is 17.3 Å². The van der Waals surface area contributed by atoms with Crippen LogP contribution < -0.4 is 14.8 Å².